The fourth-order valence-corrected chi connectivity index (χ4v) is 11.2. The molecule has 78 heavy (non-hydrogen) atoms. The molecule has 0 spiro atoms. The van der Waals surface area contributed by atoms with Gasteiger partial charge >= 0.3 is 0 Å². The Bertz CT molecular complexity index is 3820. The van der Waals surface area contributed by atoms with Gasteiger partial charge in [-0.1, -0.05) is 211 Å². The maximum absolute atomic E-state index is 7.05. The van der Waals surface area contributed by atoms with E-state index in [0.29, 0.717) is 11.5 Å². The zero-order valence-electron chi connectivity index (χ0n) is 47.5. The molecule has 0 fully saturated rings. The summed E-state index contributed by atoms with van der Waals surface area (Å²) < 4.78 is 9.27. The summed E-state index contributed by atoms with van der Waals surface area (Å²) in [5.41, 5.74) is 16.2. The maximum atomic E-state index is 7.05. The molecule has 3 heterocycles. The molecule has 0 aliphatic carbocycles. The van der Waals surface area contributed by atoms with Crippen LogP contribution in [0.1, 0.15) is 129 Å². The van der Waals surface area contributed by atoms with Crippen molar-refractivity contribution in [3.8, 4) is 28.4 Å². The van der Waals surface area contributed by atoms with Crippen molar-refractivity contribution >= 4 is 44.6 Å². The van der Waals surface area contributed by atoms with Gasteiger partial charge < -0.3 is 19.1 Å². The number of aromatic nitrogens is 2. The second-order valence-corrected chi connectivity index (χ2v) is 25.2. The molecule has 1 aliphatic heterocycles. The van der Waals surface area contributed by atoms with Gasteiger partial charge in [0.2, 0.25) is 0 Å². The Morgan fingerprint density at radius 2 is 1.01 bits per heavy atom. The molecular weight excluding hydrogens is 1130 g/mol. The van der Waals surface area contributed by atoms with Crippen LogP contribution in [0.15, 0.2) is 188 Å². The van der Waals surface area contributed by atoms with Crippen LogP contribution in [0.2, 0.25) is 0 Å². The van der Waals surface area contributed by atoms with Crippen LogP contribution in [-0.4, -0.2) is 9.55 Å². The molecular formula is C72H71N4OPt-3. The summed E-state index contributed by atoms with van der Waals surface area (Å²) in [6, 6.07) is 73.4. The standard InChI is InChI=1S/C72H71N4O.Pt/c1-68(2,3)53-39-56(43-58(41-53)77-57-33-34-60-59-31-23-24-32-63(59)76(64(60)44-57)67-42-52(35-36-73-67)71(10,11)50-27-19-15-20-28-50)75-47-74(65-45-61(69(4,5)6)62(46-66(65)75)70(7,8)9)55-38-49(48-25-17-14-18-26-48)37-54(40-55)72(12,13)51-29-21-16-22-30-51;/h14-42,45-47H,1-13H3;/q-3;. The topological polar surface area (TPSA) is 33.5 Å². The Hall–Kier alpha value is -7.20. The fourth-order valence-electron chi connectivity index (χ4n) is 11.2. The average Bonchev–Trinajstić information content (AvgIpc) is 3.97. The predicted molar refractivity (Wildman–Crippen MR) is 323 cm³/mol. The summed E-state index contributed by atoms with van der Waals surface area (Å²) in [6.45, 7) is 32.3. The molecule has 0 saturated carbocycles. The van der Waals surface area contributed by atoms with Crippen molar-refractivity contribution in [3.05, 3.63) is 246 Å². The van der Waals surface area contributed by atoms with E-state index < -0.39 is 0 Å². The van der Waals surface area contributed by atoms with E-state index in [1.165, 1.54) is 44.5 Å². The molecule has 2 aromatic heterocycles. The van der Waals surface area contributed by atoms with Gasteiger partial charge in [0.15, 0.2) is 0 Å². The molecule has 0 radical (unpaired) electrons. The molecule has 11 rings (SSSR count). The minimum atomic E-state index is -0.287. The molecule has 1 aliphatic rings. The van der Waals surface area contributed by atoms with E-state index in [-0.39, 0.29) is 48.1 Å². The number of benzene rings is 8. The minimum Gasteiger partial charge on any atom is -0.509 e. The first-order valence-electron chi connectivity index (χ1n) is 27.2. The number of anilines is 4. The van der Waals surface area contributed by atoms with E-state index >= 15 is 0 Å². The monoisotopic (exact) mass is 1200 g/mol. The first-order chi connectivity index (χ1) is 36.6. The zero-order valence-corrected chi connectivity index (χ0v) is 49.8. The van der Waals surface area contributed by atoms with Crippen molar-refractivity contribution in [3.63, 3.8) is 0 Å². The Balaban J connectivity index is 0.00000688. The van der Waals surface area contributed by atoms with Crippen molar-refractivity contribution in [2.45, 2.75) is 117 Å². The third-order valence-corrected chi connectivity index (χ3v) is 15.9. The van der Waals surface area contributed by atoms with Crippen LogP contribution in [0.3, 0.4) is 0 Å². The summed E-state index contributed by atoms with van der Waals surface area (Å²) in [5.74, 6) is 2.04. The number of ether oxygens (including phenoxy) is 1. The first kappa shape index (κ1) is 54.2. The van der Waals surface area contributed by atoms with E-state index in [0.717, 1.165) is 55.9 Å². The van der Waals surface area contributed by atoms with Gasteiger partial charge in [0.1, 0.15) is 5.82 Å². The van der Waals surface area contributed by atoms with Crippen LogP contribution >= 0.6 is 0 Å². The third kappa shape index (κ3) is 10.1. The van der Waals surface area contributed by atoms with Crippen LogP contribution in [0, 0.1) is 18.8 Å². The summed E-state index contributed by atoms with van der Waals surface area (Å²) in [4.78, 5) is 9.75. The van der Waals surface area contributed by atoms with Gasteiger partial charge in [-0.05, 0) is 109 Å². The summed E-state index contributed by atoms with van der Waals surface area (Å²) in [6.07, 6.45) is 1.93. The molecule has 8 aromatic carbocycles. The Morgan fingerprint density at radius 1 is 0.436 bits per heavy atom. The number of nitrogens with zero attached hydrogens (tertiary/aromatic N) is 4. The fraction of sp³-hybridized carbons (Fsp3) is 0.250. The van der Waals surface area contributed by atoms with Gasteiger partial charge in [0, 0.05) is 72.2 Å². The molecule has 6 heteroatoms. The normalized spacial score (nSPS) is 13.2. The van der Waals surface area contributed by atoms with Crippen LogP contribution in [-0.2, 0) is 48.1 Å². The smallest absolute Gasteiger partial charge is 0.135 e. The zero-order chi connectivity index (χ0) is 54.2. The Labute approximate surface area is 478 Å². The van der Waals surface area contributed by atoms with Crippen molar-refractivity contribution in [1.29, 1.82) is 0 Å². The van der Waals surface area contributed by atoms with Gasteiger partial charge in [-0.3, -0.25) is 0 Å². The third-order valence-electron chi connectivity index (χ3n) is 15.9. The number of hydrogen-bond donors (Lipinski definition) is 0. The summed E-state index contributed by atoms with van der Waals surface area (Å²) in [5, 5.41) is 2.21. The summed E-state index contributed by atoms with van der Waals surface area (Å²) in [7, 11) is 0. The Kier molecular flexibility index (Phi) is 14.0. The van der Waals surface area contributed by atoms with Gasteiger partial charge in [0.25, 0.3) is 0 Å². The van der Waals surface area contributed by atoms with Gasteiger partial charge in [-0.25, -0.2) is 4.98 Å². The first-order valence-corrected chi connectivity index (χ1v) is 27.2. The van der Waals surface area contributed by atoms with E-state index in [2.05, 4.69) is 299 Å². The van der Waals surface area contributed by atoms with Crippen LogP contribution in [0.25, 0.3) is 38.8 Å². The number of pyridine rings is 1. The largest absolute Gasteiger partial charge is 0.509 e. The molecule has 0 saturated heterocycles. The van der Waals surface area contributed by atoms with Crippen molar-refractivity contribution < 1.29 is 25.8 Å². The molecule has 0 N–H and O–H groups in total. The van der Waals surface area contributed by atoms with Crippen LogP contribution < -0.4 is 14.5 Å². The predicted octanol–water partition coefficient (Wildman–Crippen LogP) is 19.2. The molecule has 10 aromatic rings. The molecule has 0 unspecified atom stereocenters. The van der Waals surface area contributed by atoms with E-state index in [1.807, 2.05) is 12.3 Å². The number of fused-ring (bicyclic) bond motifs is 4. The molecule has 5 nitrogen and oxygen atoms in total. The molecule has 0 amide bonds. The van der Waals surface area contributed by atoms with Crippen molar-refractivity contribution in [2.24, 2.45) is 0 Å². The summed E-state index contributed by atoms with van der Waals surface area (Å²) >= 11 is 0. The van der Waals surface area contributed by atoms with Gasteiger partial charge in [0.05, 0.1) is 0 Å². The molecule has 398 valence electrons. The Morgan fingerprint density at radius 3 is 1.63 bits per heavy atom. The number of hydrogen-bond acceptors (Lipinski definition) is 4. The van der Waals surface area contributed by atoms with Crippen LogP contribution in [0.5, 0.6) is 11.5 Å². The van der Waals surface area contributed by atoms with E-state index in [1.54, 1.807) is 0 Å². The minimum absolute atomic E-state index is 0. The van der Waals surface area contributed by atoms with Crippen LogP contribution in [0.4, 0.5) is 22.7 Å². The molecule has 0 bridgehead atoms. The van der Waals surface area contributed by atoms with E-state index in [4.69, 9.17) is 9.72 Å². The van der Waals surface area contributed by atoms with Crippen molar-refractivity contribution in [2.75, 3.05) is 9.80 Å². The maximum Gasteiger partial charge on any atom is 0.135 e. The van der Waals surface area contributed by atoms with E-state index in [9.17, 15) is 0 Å². The molecule has 0 atom stereocenters. The second-order valence-electron chi connectivity index (χ2n) is 25.2. The average molecular weight is 1200 g/mol. The SMILES string of the molecule is CC(C)(C)c1cc(Oc2[c-]c3c(cc2)c2ccccc2n3-c2cc(C(C)(C)c3ccccc3)ccn2)[c-]c(N2[CH-]N(c3cc(-c4ccccc4)cc(C(C)(C)c4ccccc4)c3)c3cc(C(C)(C)C)c(C(C)(C)C)cc32)c1.[Pt]. The number of rotatable bonds is 10. The second kappa shape index (κ2) is 20.2. The van der Waals surface area contributed by atoms with Gasteiger partial charge in [-0.2, -0.15) is 6.07 Å². The quantitative estimate of drug-likeness (QED) is 0.128. The van der Waals surface area contributed by atoms with Gasteiger partial charge in [-0.15, -0.1) is 53.6 Å². The number of para-hydroxylation sites is 1. The van der Waals surface area contributed by atoms with Crippen molar-refractivity contribution in [1.82, 2.24) is 9.55 Å².